The van der Waals surface area contributed by atoms with Crippen molar-refractivity contribution in [3.8, 4) is 5.75 Å². The van der Waals surface area contributed by atoms with E-state index in [2.05, 4.69) is 4.90 Å². The summed E-state index contributed by atoms with van der Waals surface area (Å²) < 4.78 is 0. The molecule has 2 rings (SSSR count). The molecule has 0 amide bonds. The van der Waals surface area contributed by atoms with Crippen molar-refractivity contribution in [1.82, 2.24) is 0 Å². The van der Waals surface area contributed by atoms with Crippen molar-refractivity contribution in [3.05, 3.63) is 23.2 Å². The van der Waals surface area contributed by atoms with Gasteiger partial charge in [-0.2, -0.15) is 0 Å². The van der Waals surface area contributed by atoms with Crippen molar-refractivity contribution in [2.75, 3.05) is 18.1 Å². The Kier molecular flexibility index (Phi) is 3.03. The Morgan fingerprint density at radius 1 is 1.47 bits per heavy atom. The van der Waals surface area contributed by atoms with Gasteiger partial charge in [-0.1, -0.05) is 17.7 Å². The van der Waals surface area contributed by atoms with Gasteiger partial charge in [-0.15, -0.1) is 0 Å². The number of phenols is 1. The number of aromatic hydroxyl groups is 1. The van der Waals surface area contributed by atoms with Crippen molar-refractivity contribution >= 4 is 17.3 Å². The second-order valence-electron chi connectivity index (χ2n) is 3.78. The maximum Gasteiger partial charge on any atom is 0.136 e. The summed E-state index contributed by atoms with van der Waals surface area (Å²) in [6.45, 7) is 1.01. The lowest BCUT2D eigenvalue weighted by Crippen LogP contribution is -2.32. The van der Waals surface area contributed by atoms with Gasteiger partial charge in [0.25, 0.3) is 0 Å². The Hall–Kier alpha value is -0.930. The molecule has 3 nitrogen and oxygen atoms in total. The molecular weight excluding hydrogens is 214 g/mol. The summed E-state index contributed by atoms with van der Waals surface area (Å²) in [6, 6.07) is 5.33. The summed E-state index contributed by atoms with van der Waals surface area (Å²) >= 11 is 6.02. The molecule has 0 radical (unpaired) electrons. The molecule has 15 heavy (non-hydrogen) atoms. The molecule has 0 spiro atoms. The quantitative estimate of drug-likeness (QED) is 0.813. The molecule has 2 N–H and O–H groups in total. The molecule has 1 aliphatic heterocycles. The van der Waals surface area contributed by atoms with E-state index in [-0.39, 0.29) is 18.4 Å². The van der Waals surface area contributed by atoms with Gasteiger partial charge in [-0.05, 0) is 25.0 Å². The van der Waals surface area contributed by atoms with E-state index in [0.29, 0.717) is 5.02 Å². The highest BCUT2D eigenvalue weighted by Crippen LogP contribution is 2.36. The van der Waals surface area contributed by atoms with Crippen molar-refractivity contribution in [3.63, 3.8) is 0 Å². The van der Waals surface area contributed by atoms with Gasteiger partial charge in [-0.3, -0.25) is 0 Å². The lowest BCUT2D eigenvalue weighted by Gasteiger charge is -2.26. The molecule has 1 atom stereocenters. The molecular formula is C11H14ClNO2. The fourth-order valence-corrected chi connectivity index (χ4v) is 2.31. The number of hydrogen-bond donors (Lipinski definition) is 2. The first-order valence-corrected chi connectivity index (χ1v) is 5.47. The molecule has 1 heterocycles. The predicted molar refractivity (Wildman–Crippen MR) is 60.6 cm³/mol. The van der Waals surface area contributed by atoms with Gasteiger partial charge < -0.3 is 15.1 Å². The van der Waals surface area contributed by atoms with Gasteiger partial charge in [0.2, 0.25) is 0 Å². The highest BCUT2D eigenvalue weighted by molar-refractivity contribution is 6.34. The molecule has 1 aromatic rings. The van der Waals surface area contributed by atoms with E-state index in [9.17, 15) is 10.2 Å². The predicted octanol–water partition coefficient (Wildman–Crippen LogP) is 2.01. The van der Waals surface area contributed by atoms with E-state index >= 15 is 0 Å². The maximum absolute atomic E-state index is 9.50. The Morgan fingerprint density at radius 3 is 3.00 bits per heavy atom. The van der Waals surface area contributed by atoms with Crippen molar-refractivity contribution in [2.45, 2.75) is 18.9 Å². The van der Waals surface area contributed by atoms with Crippen molar-refractivity contribution in [1.29, 1.82) is 0 Å². The van der Waals surface area contributed by atoms with E-state index in [1.54, 1.807) is 12.1 Å². The van der Waals surface area contributed by atoms with Crippen molar-refractivity contribution in [2.24, 2.45) is 0 Å². The molecule has 0 saturated carbocycles. The molecule has 1 saturated heterocycles. The van der Waals surface area contributed by atoms with Gasteiger partial charge in [0, 0.05) is 6.54 Å². The zero-order valence-corrected chi connectivity index (χ0v) is 9.11. The summed E-state index contributed by atoms with van der Waals surface area (Å²) in [5, 5.41) is 19.1. The maximum atomic E-state index is 9.50. The van der Waals surface area contributed by atoms with Crippen LogP contribution in [-0.4, -0.2) is 29.4 Å². The molecule has 0 unspecified atom stereocenters. The molecule has 1 aliphatic rings. The number of benzene rings is 1. The van der Waals surface area contributed by atoms with E-state index in [1.807, 2.05) is 6.07 Å². The minimum absolute atomic E-state index is 0.0951. The molecule has 1 fully saturated rings. The van der Waals surface area contributed by atoms with Crippen LogP contribution in [0.5, 0.6) is 5.75 Å². The number of phenolic OH excluding ortho intramolecular Hbond substituents is 1. The van der Waals surface area contributed by atoms with Crippen LogP contribution in [0, 0.1) is 0 Å². The molecule has 82 valence electrons. The van der Waals surface area contributed by atoms with Gasteiger partial charge in [0.15, 0.2) is 0 Å². The minimum Gasteiger partial charge on any atom is -0.506 e. The number of aliphatic hydroxyl groups is 1. The summed E-state index contributed by atoms with van der Waals surface area (Å²) in [6.07, 6.45) is 2.03. The van der Waals surface area contributed by atoms with Crippen LogP contribution in [0.4, 0.5) is 5.69 Å². The zero-order chi connectivity index (χ0) is 10.8. The number of hydrogen-bond acceptors (Lipinski definition) is 3. The molecule has 0 aromatic heterocycles. The summed E-state index contributed by atoms with van der Waals surface area (Å²) in [4.78, 5) is 2.06. The van der Waals surface area contributed by atoms with Gasteiger partial charge in [0.1, 0.15) is 10.8 Å². The number of aliphatic hydroxyl groups excluding tert-OH is 1. The second kappa shape index (κ2) is 4.29. The number of rotatable bonds is 2. The van der Waals surface area contributed by atoms with Crippen LogP contribution in [0.2, 0.25) is 5.02 Å². The van der Waals surface area contributed by atoms with Crippen LogP contribution in [0.3, 0.4) is 0 Å². The zero-order valence-electron chi connectivity index (χ0n) is 8.36. The molecule has 1 aromatic carbocycles. The van der Waals surface area contributed by atoms with E-state index in [1.165, 1.54) is 0 Å². The number of halogens is 1. The standard InChI is InChI=1S/C11H14ClNO2/c12-11-9(4-1-5-10(11)15)13-6-2-3-8(13)7-14/h1,4-5,8,14-15H,2-3,6-7H2/t8-/m1/s1. The molecule has 0 aliphatic carbocycles. The third-order valence-electron chi connectivity index (χ3n) is 2.86. The normalized spacial score (nSPS) is 20.9. The van der Waals surface area contributed by atoms with Crippen LogP contribution in [-0.2, 0) is 0 Å². The average Bonchev–Trinajstić information content (AvgIpc) is 2.70. The van der Waals surface area contributed by atoms with Gasteiger partial charge in [-0.25, -0.2) is 0 Å². The Morgan fingerprint density at radius 2 is 2.27 bits per heavy atom. The number of anilines is 1. The average molecular weight is 228 g/mol. The lowest BCUT2D eigenvalue weighted by atomic mass is 10.2. The van der Waals surface area contributed by atoms with Crippen LogP contribution >= 0.6 is 11.6 Å². The van der Waals surface area contributed by atoms with Gasteiger partial charge >= 0.3 is 0 Å². The Balaban J connectivity index is 2.32. The van der Waals surface area contributed by atoms with E-state index in [0.717, 1.165) is 25.1 Å². The van der Waals surface area contributed by atoms with Crippen LogP contribution < -0.4 is 4.90 Å². The highest BCUT2D eigenvalue weighted by atomic mass is 35.5. The monoisotopic (exact) mass is 227 g/mol. The smallest absolute Gasteiger partial charge is 0.136 e. The SMILES string of the molecule is OC[C@H]1CCCN1c1cccc(O)c1Cl. The fourth-order valence-electron chi connectivity index (χ4n) is 2.07. The van der Waals surface area contributed by atoms with E-state index in [4.69, 9.17) is 11.6 Å². The van der Waals surface area contributed by atoms with Crippen LogP contribution in [0.15, 0.2) is 18.2 Å². The minimum atomic E-state index is 0.0951. The molecule has 4 heteroatoms. The van der Waals surface area contributed by atoms with Gasteiger partial charge in [0.05, 0.1) is 18.3 Å². The third-order valence-corrected chi connectivity index (χ3v) is 3.24. The summed E-state index contributed by atoms with van der Waals surface area (Å²) in [5.41, 5.74) is 0.813. The van der Waals surface area contributed by atoms with Crippen molar-refractivity contribution < 1.29 is 10.2 Å². The topological polar surface area (TPSA) is 43.7 Å². The first kappa shape index (κ1) is 10.6. The Bertz CT molecular complexity index is 356. The van der Waals surface area contributed by atoms with Crippen LogP contribution in [0.25, 0.3) is 0 Å². The van der Waals surface area contributed by atoms with E-state index < -0.39 is 0 Å². The summed E-state index contributed by atoms with van der Waals surface area (Å²) in [5.74, 6) is 0.0951. The lowest BCUT2D eigenvalue weighted by molar-refractivity contribution is 0.266. The number of nitrogens with zero attached hydrogens (tertiary/aromatic N) is 1. The highest BCUT2D eigenvalue weighted by Gasteiger charge is 2.25. The summed E-state index contributed by atoms with van der Waals surface area (Å²) in [7, 11) is 0. The first-order valence-electron chi connectivity index (χ1n) is 5.09. The first-order chi connectivity index (χ1) is 7.24. The third kappa shape index (κ3) is 1.90. The molecule has 0 bridgehead atoms. The fraction of sp³-hybridized carbons (Fsp3) is 0.455. The second-order valence-corrected chi connectivity index (χ2v) is 4.16. The van der Waals surface area contributed by atoms with Crippen LogP contribution in [0.1, 0.15) is 12.8 Å². The largest absolute Gasteiger partial charge is 0.506 e. The Labute approximate surface area is 93.9 Å².